The highest BCUT2D eigenvalue weighted by atomic mass is 16.5. The summed E-state index contributed by atoms with van der Waals surface area (Å²) in [5, 5.41) is 0. The topological polar surface area (TPSA) is 63.0 Å². The summed E-state index contributed by atoms with van der Waals surface area (Å²) in [5.74, 6) is 0.136. The predicted octanol–water partition coefficient (Wildman–Crippen LogP) is 0.743. The first-order valence-electron chi connectivity index (χ1n) is 6.98. The van der Waals surface area contributed by atoms with Gasteiger partial charge in [0.05, 0.1) is 19.5 Å². The molecule has 0 N–H and O–H groups in total. The van der Waals surface area contributed by atoms with Gasteiger partial charge in [-0.25, -0.2) is 0 Å². The van der Waals surface area contributed by atoms with Crippen molar-refractivity contribution in [2.24, 2.45) is 0 Å². The molecule has 1 aromatic rings. The Morgan fingerprint density at radius 2 is 2.00 bits per heavy atom. The fourth-order valence-electron chi connectivity index (χ4n) is 2.80. The number of furan rings is 1. The van der Waals surface area contributed by atoms with Crippen molar-refractivity contribution >= 4 is 11.8 Å². The van der Waals surface area contributed by atoms with Crippen LogP contribution in [0.2, 0.25) is 0 Å². The summed E-state index contributed by atoms with van der Waals surface area (Å²) in [6.07, 6.45) is 3.05. The van der Waals surface area contributed by atoms with E-state index in [1.165, 1.54) is 6.26 Å². The number of ether oxygens (including phenoxy) is 1. The zero-order valence-electron chi connectivity index (χ0n) is 11.3. The van der Waals surface area contributed by atoms with E-state index in [1.54, 1.807) is 21.9 Å². The molecule has 0 radical (unpaired) electrons. The van der Waals surface area contributed by atoms with Crippen molar-refractivity contribution in [3.05, 3.63) is 24.2 Å². The second kappa shape index (κ2) is 5.66. The lowest BCUT2D eigenvalue weighted by Gasteiger charge is -2.32. The SMILES string of the molecule is O=C([C@@H]1CCCN1C(=O)c1ccco1)N1CCOCC1. The van der Waals surface area contributed by atoms with Crippen LogP contribution in [0, 0.1) is 0 Å². The summed E-state index contributed by atoms with van der Waals surface area (Å²) in [5.41, 5.74) is 0. The van der Waals surface area contributed by atoms with Gasteiger partial charge in [0.2, 0.25) is 5.91 Å². The van der Waals surface area contributed by atoms with Crippen LogP contribution in [0.25, 0.3) is 0 Å². The lowest BCUT2D eigenvalue weighted by molar-refractivity contribution is -0.139. The fourth-order valence-corrected chi connectivity index (χ4v) is 2.80. The first-order chi connectivity index (χ1) is 9.77. The van der Waals surface area contributed by atoms with E-state index in [9.17, 15) is 9.59 Å². The number of likely N-dealkylation sites (tertiary alicyclic amines) is 1. The third-order valence-corrected chi connectivity index (χ3v) is 3.85. The number of rotatable bonds is 2. The number of carbonyl (C=O) groups excluding carboxylic acids is 2. The molecule has 2 fully saturated rings. The number of nitrogens with zero attached hydrogens (tertiary/aromatic N) is 2. The Morgan fingerprint density at radius 1 is 1.20 bits per heavy atom. The third-order valence-electron chi connectivity index (χ3n) is 3.85. The Morgan fingerprint density at radius 3 is 2.70 bits per heavy atom. The fraction of sp³-hybridized carbons (Fsp3) is 0.571. The minimum absolute atomic E-state index is 0.0331. The van der Waals surface area contributed by atoms with E-state index in [1.807, 2.05) is 0 Å². The molecule has 6 heteroatoms. The van der Waals surface area contributed by atoms with E-state index in [4.69, 9.17) is 9.15 Å². The molecule has 0 bridgehead atoms. The summed E-state index contributed by atoms with van der Waals surface area (Å²) in [6, 6.07) is 2.96. The van der Waals surface area contributed by atoms with Crippen molar-refractivity contribution in [3.63, 3.8) is 0 Å². The molecule has 20 heavy (non-hydrogen) atoms. The van der Waals surface area contributed by atoms with Crippen LogP contribution >= 0.6 is 0 Å². The molecule has 0 aliphatic carbocycles. The van der Waals surface area contributed by atoms with Crippen molar-refractivity contribution in [2.45, 2.75) is 18.9 Å². The average Bonchev–Trinajstić information content (AvgIpc) is 3.18. The van der Waals surface area contributed by atoms with Crippen LogP contribution < -0.4 is 0 Å². The van der Waals surface area contributed by atoms with Crippen LogP contribution in [0.3, 0.4) is 0 Å². The molecule has 2 aliphatic rings. The Bertz CT molecular complexity index is 479. The van der Waals surface area contributed by atoms with Gasteiger partial charge in [-0.15, -0.1) is 0 Å². The number of carbonyl (C=O) groups is 2. The average molecular weight is 278 g/mol. The van der Waals surface area contributed by atoms with E-state index in [0.29, 0.717) is 38.6 Å². The molecule has 2 aliphatic heterocycles. The highest BCUT2D eigenvalue weighted by Gasteiger charge is 2.37. The molecule has 0 saturated carbocycles. The molecule has 0 unspecified atom stereocenters. The molecule has 1 aromatic heterocycles. The normalized spacial score (nSPS) is 23.1. The van der Waals surface area contributed by atoms with Gasteiger partial charge >= 0.3 is 0 Å². The van der Waals surface area contributed by atoms with E-state index in [0.717, 1.165) is 12.8 Å². The van der Waals surface area contributed by atoms with Gasteiger partial charge in [0.25, 0.3) is 5.91 Å². The molecule has 0 aromatic carbocycles. The first kappa shape index (κ1) is 13.2. The molecule has 3 heterocycles. The lowest BCUT2D eigenvalue weighted by atomic mass is 10.1. The molecule has 2 amide bonds. The standard InChI is InChI=1S/C14H18N2O4/c17-13(15-6-9-19-10-7-15)11-3-1-5-16(11)14(18)12-4-2-8-20-12/h2,4,8,11H,1,3,5-7,9-10H2/t11-/m0/s1. The second-order valence-electron chi connectivity index (χ2n) is 5.07. The molecule has 0 spiro atoms. The van der Waals surface area contributed by atoms with Gasteiger partial charge in [0.15, 0.2) is 5.76 Å². The van der Waals surface area contributed by atoms with Gasteiger partial charge in [0.1, 0.15) is 6.04 Å². The van der Waals surface area contributed by atoms with Gasteiger partial charge in [-0.05, 0) is 25.0 Å². The minimum atomic E-state index is -0.356. The van der Waals surface area contributed by atoms with E-state index in [2.05, 4.69) is 0 Å². The molecular formula is C14H18N2O4. The molecule has 2 saturated heterocycles. The lowest BCUT2D eigenvalue weighted by Crippen LogP contribution is -2.51. The van der Waals surface area contributed by atoms with Crippen LogP contribution in [-0.2, 0) is 9.53 Å². The summed E-state index contributed by atoms with van der Waals surface area (Å²) in [4.78, 5) is 28.3. The maximum Gasteiger partial charge on any atom is 0.290 e. The third kappa shape index (κ3) is 2.43. The Hall–Kier alpha value is -1.82. The Labute approximate surface area is 117 Å². The van der Waals surface area contributed by atoms with Gasteiger partial charge in [-0.3, -0.25) is 9.59 Å². The minimum Gasteiger partial charge on any atom is -0.459 e. The molecule has 108 valence electrons. The Balaban J connectivity index is 1.71. The quantitative estimate of drug-likeness (QED) is 0.800. The molecule has 3 rings (SSSR count). The number of hydrogen-bond donors (Lipinski definition) is 0. The predicted molar refractivity (Wildman–Crippen MR) is 70.2 cm³/mol. The summed E-state index contributed by atoms with van der Waals surface area (Å²) >= 11 is 0. The monoisotopic (exact) mass is 278 g/mol. The largest absolute Gasteiger partial charge is 0.459 e. The van der Waals surface area contributed by atoms with Crippen LogP contribution in [0.5, 0.6) is 0 Å². The summed E-state index contributed by atoms with van der Waals surface area (Å²) in [7, 11) is 0. The zero-order chi connectivity index (χ0) is 13.9. The van der Waals surface area contributed by atoms with E-state index < -0.39 is 0 Å². The zero-order valence-corrected chi connectivity index (χ0v) is 11.3. The molecular weight excluding hydrogens is 260 g/mol. The maximum absolute atomic E-state index is 12.5. The van der Waals surface area contributed by atoms with Crippen molar-refractivity contribution in [2.75, 3.05) is 32.8 Å². The molecule has 6 nitrogen and oxygen atoms in total. The van der Waals surface area contributed by atoms with Gasteiger partial charge in [0, 0.05) is 19.6 Å². The van der Waals surface area contributed by atoms with Crippen molar-refractivity contribution in [3.8, 4) is 0 Å². The maximum atomic E-state index is 12.5. The van der Waals surface area contributed by atoms with Crippen molar-refractivity contribution < 1.29 is 18.7 Å². The van der Waals surface area contributed by atoms with Crippen LogP contribution in [-0.4, -0.2) is 60.5 Å². The Kier molecular flexibility index (Phi) is 3.73. The van der Waals surface area contributed by atoms with Gasteiger partial charge in [-0.1, -0.05) is 0 Å². The number of amides is 2. The van der Waals surface area contributed by atoms with E-state index in [-0.39, 0.29) is 17.9 Å². The van der Waals surface area contributed by atoms with Crippen molar-refractivity contribution in [1.29, 1.82) is 0 Å². The second-order valence-corrected chi connectivity index (χ2v) is 5.07. The molecule has 1 atom stereocenters. The first-order valence-corrected chi connectivity index (χ1v) is 6.98. The van der Waals surface area contributed by atoms with Crippen LogP contribution in [0.15, 0.2) is 22.8 Å². The highest BCUT2D eigenvalue weighted by molar-refractivity contribution is 5.96. The smallest absolute Gasteiger partial charge is 0.290 e. The van der Waals surface area contributed by atoms with E-state index >= 15 is 0 Å². The highest BCUT2D eigenvalue weighted by Crippen LogP contribution is 2.22. The van der Waals surface area contributed by atoms with Crippen LogP contribution in [0.4, 0.5) is 0 Å². The van der Waals surface area contributed by atoms with Crippen molar-refractivity contribution in [1.82, 2.24) is 9.80 Å². The van der Waals surface area contributed by atoms with Gasteiger partial charge in [-0.2, -0.15) is 0 Å². The van der Waals surface area contributed by atoms with Gasteiger partial charge < -0.3 is 19.0 Å². The van der Waals surface area contributed by atoms with Crippen LogP contribution in [0.1, 0.15) is 23.4 Å². The summed E-state index contributed by atoms with van der Waals surface area (Å²) < 4.78 is 10.4. The number of morpholine rings is 1. The number of hydrogen-bond acceptors (Lipinski definition) is 4. The summed E-state index contributed by atoms with van der Waals surface area (Å²) in [6.45, 7) is 2.98.